The van der Waals surface area contributed by atoms with Gasteiger partial charge in [0.05, 0.1) is 0 Å². The molecular formula is C4H7N7. The molecule has 0 saturated heterocycles. The molecule has 1 aromatic heterocycles. The van der Waals surface area contributed by atoms with Gasteiger partial charge in [-0.15, -0.1) is 0 Å². The Morgan fingerprint density at radius 2 is 2.27 bits per heavy atom. The maximum Gasteiger partial charge on any atom is 0.247 e. The lowest BCUT2D eigenvalue weighted by Crippen LogP contribution is -2.25. The molecule has 0 aliphatic rings. The maximum absolute atomic E-state index is 7.19. The molecule has 58 valence electrons. The summed E-state index contributed by atoms with van der Waals surface area (Å²) in [7, 11) is 0. The first kappa shape index (κ1) is 7.19. The molecule has 5 N–H and O–H groups in total. The lowest BCUT2D eigenvalue weighted by Gasteiger charge is -1.94. The molecule has 1 heterocycles. The van der Waals surface area contributed by atoms with E-state index in [2.05, 4.69) is 15.1 Å². The van der Waals surface area contributed by atoms with Crippen LogP contribution in [0.5, 0.6) is 0 Å². The van der Waals surface area contributed by atoms with Crippen LogP contribution in [-0.4, -0.2) is 26.7 Å². The molecule has 0 aliphatic carbocycles. The van der Waals surface area contributed by atoms with Crippen molar-refractivity contribution < 1.29 is 0 Å². The van der Waals surface area contributed by atoms with Gasteiger partial charge in [0, 0.05) is 0 Å². The van der Waals surface area contributed by atoms with E-state index in [4.69, 9.17) is 16.9 Å². The molecule has 11 heavy (non-hydrogen) atoms. The molecule has 0 spiro atoms. The van der Waals surface area contributed by atoms with Crippen LogP contribution >= 0.6 is 0 Å². The highest BCUT2D eigenvalue weighted by Crippen LogP contribution is 1.80. The van der Waals surface area contributed by atoms with Crippen LogP contribution in [0.25, 0.3) is 0 Å². The van der Waals surface area contributed by atoms with E-state index < -0.39 is 0 Å². The number of aromatic nitrogens is 3. The Bertz CT molecular complexity index is 267. The second-order valence-electron chi connectivity index (χ2n) is 1.70. The van der Waals surface area contributed by atoms with E-state index >= 15 is 0 Å². The molecule has 0 saturated carbocycles. The molecule has 1 aromatic rings. The Kier molecular flexibility index (Phi) is 1.81. The standard InChI is InChI=1S/C4H7N7/c5-3(6)10-4(7)11-2-8-1-9-11/h1-2H,(H5,5,6,7,10). The fraction of sp³-hybridized carbons (Fsp3) is 0. The van der Waals surface area contributed by atoms with Crippen LogP contribution in [0.1, 0.15) is 0 Å². The quantitative estimate of drug-likeness (QED) is 0.305. The third-order valence-electron chi connectivity index (χ3n) is 0.871. The van der Waals surface area contributed by atoms with Crippen LogP contribution in [0.4, 0.5) is 0 Å². The fourth-order valence-electron chi connectivity index (χ4n) is 0.491. The van der Waals surface area contributed by atoms with Crippen molar-refractivity contribution in [2.45, 2.75) is 0 Å². The molecule has 0 amide bonds. The van der Waals surface area contributed by atoms with Crippen LogP contribution in [0, 0.1) is 5.41 Å². The van der Waals surface area contributed by atoms with E-state index in [0.29, 0.717) is 0 Å². The summed E-state index contributed by atoms with van der Waals surface area (Å²) in [6.07, 6.45) is 2.62. The SMILES string of the molecule is N=C(N=C(N)N)n1cncn1. The molecular weight excluding hydrogens is 146 g/mol. The van der Waals surface area contributed by atoms with Gasteiger partial charge >= 0.3 is 0 Å². The number of nitrogens with one attached hydrogen (secondary N) is 1. The van der Waals surface area contributed by atoms with E-state index in [-0.39, 0.29) is 11.9 Å². The van der Waals surface area contributed by atoms with Crippen molar-refractivity contribution in [1.82, 2.24) is 14.8 Å². The van der Waals surface area contributed by atoms with Gasteiger partial charge in [0.15, 0.2) is 5.96 Å². The second-order valence-corrected chi connectivity index (χ2v) is 1.70. The average Bonchev–Trinajstić information content (AvgIpc) is 2.35. The van der Waals surface area contributed by atoms with Crippen molar-refractivity contribution in [3.63, 3.8) is 0 Å². The van der Waals surface area contributed by atoms with Gasteiger partial charge in [-0.3, -0.25) is 5.41 Å². The first-order chi connectivity index (χ1) is 5.20. The van der Waals surface area contributed by atoms with Gasteiger partial charge in [0.25, 0.3) is 0 Å². The number of guanidine groups is 1. The highest BCUT2D eigenvalue weighted by atomic mass is 15.4. The molecule has 0 bridgehead atoms. The summed E-state index contributed by atoms with van der Waals surface area (Å²) in [6, 6.07) is 0. The number of nitrogens with zero attached hydrogens (tertiary/aromatic N) is 4. The summed E-state index contributed by atoms with van der Waals surface area (Å²) in [4.78, 5) is 7.05. The summed E-state index contributed by atoms with van der Waals surface area (Å²) >= 11 is 0. The summed E-state index contributed by atoms with van der Waals surface area (Å²) < 4.78 is 1.14. The predicted molar refractivity (Wildman–Crippen MR) is 39.0 cm³/mol. The highest BCUT2D eigenvalue weighted by Gasteiger charge is 1.96. The van der Waals surface area contributed by atoms with Gasteiger partial charge in [-0.1, -0.05) is 0 Å². The zero-order valence-electron chi connectivity index (χ0n) is 5.60. The van der Waals surface area contributed by atoms with E-state index in [1.54, 1.807) is 0 Å². The van der Waals surface area contributed by atoms with Gasteiger partial charge in [0.2, 0.25) is 5.96 Å². The third kappa shape index (κ3) is 1.75. The van der Waals surface area contributed by atoms with E-state index in [1.807, 2.05) is 0 Å². The smallest absolute Gasteiger partial charge is 0.247 e. The van der Waals surface area contributed by atoms with Crippen LogP contribution < -0.4 is 11.5 Å². The number of aliphatic imine (C=N–C) groups is 1. The molecule has 0 radical (unpaired) electrons. The Morgan fingerprint density at radius 1 is 1.55 bits per heavy atom. The van der Waals surface area contributed by atoms with Crippen molar-refractivity contribution in [2.75, 3.05) is 0 Å². The molecule has 7 heteroatoms. The zero-order chi connectivity index (χ0) is 8.27. The third-order valence-corrected chi connectivity index (χ3v) is 0.871. The largest absolute Gasteiger partial charge is 0.370 e. The van der Waals surface area contributed by atoms with Gasteiger partial charge in [-0.2, -0.15) is 14.8 Å². The number of hydrogen-bond acceptors (Lipinski definition) is 3. The Hall–Kier alpha value is -1.92. The van der Waals surface area contributed by atoms with Crippen molar-refractivity contribution in [3.8, 4) is 0 Å². The summed E-state index contributed by atoms with van der Waals surface area (Å²) in [5.41, 5.74) is 10.0. The molecule has 0 unspecified atom stereocenters. The summed E-state index contributed by atoms with van der Waals surface area (Å²) in [6.45, 7) is 0. The van der Waals surface area contributed by atoms with E-state index in [0.717, 1.165) is 4.68 Å². The Morgan fingerprint density at radius 3 is 2.73 bits per heavy atom. The molecule has 7 nitrogen and oxygen atoms in total. The van der Waals surface area contributed by atoms with Gasteiger partial charge in [-0.05, 0) is 0 Å². The second kappa shape index (κ2) is 2.78. The predicted octanol–water partition coefficient (Wildman–Crippen LogP) is -1.67. The summed E-state index contributed by atoms with van der Waals surface area (Å²) in [5, 5.41) is 10.8. The Balaban J connectivity index is 2.80. The van der Waals surface area contributed by atoms with Crippen molar-refractivity contribution in [2.24, 2.45) is 16.5 Å². The minimum Gasteiger partial charge on any atom is -0.370 e. The number of nitrogens with two attached hydrogens (primary N) is 2. The van der Waals surface area contributed by atoms with E-state index in [1.165, 1.54) is 12.7 Å². The van der Waals surface area contributed by atoms with Crippen LogP contribution in [0.15, 0.2) is 17.6 Å². The topological polar surface area (TPSA) is 119 Å². The van der Waals surface area contributed by atoms with Gasteiger partial charge in [0.1, 0.15) is 12.7 Å². The highest BCUT2D eigenvalue weighted by molar-refractivity contribution is 5.92. The minimum absolute atomic E-state index is 0.164. The molecule has 0 aliphatic heterocycles. The van der Waals surface area contributed by atoms with Crippen molar-refractivity contribution >= 4 is 11.9 Å². The normalized spacial score (nSPS) is 9.09. The fourth-order valence-corrected chi connectivity index (χ4v) is 0.491. The molecule has 0 fully saturated rings. The van der Waals surface area contributed by atoms with Crippen molar-refractivity contribution in [3.05, 3.63) is 12.7 Å². The maximum atomic E-state index is 7.19. The average molecular weight is 153 g/mol. The van der Waals surface area contributed by atoms with Gasteiger partial charge < -0.3 is 11.5 Å². The lowest BCUT2D eigenvalue weighted by molar-refractivity contribution is 0.909. The van der Waals surface area contributed by atoms with Crippen LogP contribution in [-0.2, 0) is 0 Å². The number of rotatable bonds is 0. The minimum atomic E-state index is -0.175. The lowest BCUT2D eigenvalue weighted by atomic mass is 10.9. The zero-order valence-corrected chi connectivity index (χ0v) is 5.60. The molecule has 0 aromatic carbocycles. The first-order valence-corrected chi connectivity index (χ1v) is 2.73. The summed E-state index contributed by atoms with van der Waals surface area (Å²) in [5.74, 6) is -0.340. The van der Waals surface area contributed by atoms with Crippen LogP contribution in [0.3, 0.4) is 0 Å². The number of hydrogen-bond donors (Lipinski definition) is 3. The van der Waals surface area contributed by atoms with E-state index in [9.17, 15) is 0 Å². The van der Waals surface area contributed by atoms with Crippen LogP contribution in [0.2, 0.25) is 0 Å². The Labute approximate surface area is 62.2 Å². The molecule has 0 atom stereocenters. The molecule has 1 rings (SSSR count). The monoisotopic (exact) mass is 153 g/mol. The van der Waals surface area contributed by atoms with Gasteiger partial charge in [-0.25, -0.2) is 4.98 Å². The first-order valence-electron chi connectivity index (χ1n) is 2.73. The van der Waals surface area contributed by atoms with Crippen molar-refractivity contribution in [1.29, 1.82) is 5.41 Å².